The third-order valence-electron chi connectivity index (χ3n) is 4.46. The number of nitrogens with two attached hydrogens (primary N) is 1. The summed E-state index contributed by atoms with van der Waals surface area (Å²) in [5, 5.41) is 11.0. The van der Waals surface area contributed by atoms with Gasteiger partial charge in [-0.15, -0.1) is 0 Å². The highest BCUT2D eigenvalue weighted by molar-refractivity contribution is 5.86. The van der Waals surface area contributed by atoms with E-state index in [0.29, 0.717) is 11.7 Å². The van der Waals surface area contributed by atoms with Crippen LogP contribution in [-0.4, -0.2) is 32.5 Å². The molecule has 5 nitrogen and oxygen atoms in total. The summed E-state index contributed by atoms with van der Waals surface area (Å²) >= 11 is 0. The number of ether oxygens (including phenoxy) is 1. The molecule has 0 aromatic heterocycles. The summed E-state index contributed by atoms with van der Waals surface area (Å²) < 4.78 is 5.49. The second kappa shape index (κ2) is 7.25. The lowest BCUT2D eigenvalue weighted by molar-refractivity contribution is 0.411. The molecular formula is C19H28N4O. The van der Waals surface area contributed by atoms with Gasteiger partial charge in [0.05, 0.1) is 12.8 Å². The monoisotopic (exact) mass is 328 g/mol. The zero-order valence-electron chi connectivity index (χ0n) is 14.0. The fourth-order valence-corrected chi connectivity index (χ4v) is 3.23. The molecule has 4 N–H and O–H groups in total. The van der Waals surface area contributed by atoms with Crippen molar-refractivity contribution in [2.24, 2.45) is 0 Å². The van der Waals surface area contributed by atoms with Crippen LogP contribution in [0, 0.1) is 5.41 Å². The molecule has 3 rings (SSSR count). The van der Waals surface area contributed by atoms with E-state index in [1.165, 1.54) is 6.21 Å². The first-order valence-corrected chi connectivity index (χ1v) is 8.26. The first kappa shape index (κ1) is 16.2. The summed E-state index contributed by atoms with van der Waals surface area (Å²) in [7, 11) is 1.71. The molecule has 0 saturated carbocycles. The summed E-state index contributed by atoms with van der Waals surface area (Å²) in [5.41, 5.74) is 9.40. The minimum Gasteiger partial charge on any atom is -0.495 e. The summed E-state index contributed by atoms with van der Waals surface area (Å²) in [5.74, 6) is 0.914. The van der Waals surface area contributed by atoms with Crippen molar-refractivity contribution in [2.75, 3.05) is 36.1 Å². The number of hydrogen-bond acceptors (Lipinski definition) is 5. The van der Waals surface area contributed by atoms with Crippen molar-refractivity contribution >= 4 is 23.3 Å². The van der Waals surface area contributed by atoms with Gasteiger partial charge in [-0.3, -0.25) is 0 Å². The van der Waals surface area contributed by atoms with Gasteiger partial charge in [0.1, 0.15) is 5.75 Å². The average molecular weight is 328 g/mol. The van der Waals surface area contributed by atoms with Crippen LogP contribution in [0.15, 0.2) is 42.5 Å². The third kappa shape index (κ3) is 3.45. The Morgan fingerprint density at radius 1 is 1.33 bits per heavy atom. The van der Waals surface area contributed by atoms with Crippen molar-refractivity contribution < 1.29 is 7.59 Å². The van der Waals surface area contributed by atoms with E-state index in [0.717, 1.165) is 48.6 Å². The van der Waals surface area contributed by atoms with Crippen molar-refractivity contribution in [1.29, 1.82) is 5.41 Å². The van der Waals surface area contributed by atoms with E-state index in [-0.39, 0.29) is 2.85 Å². The molecule has 0 aliphatic carbocycles. The number of para-hydroxylation sites is 2. The van der Waals surface area contributed by atoms with Gasteiger partial charge in [-0.2, -0.15) is 0 Å². The first-order chi connectivity index (χ1) is 11.7. The lowest BCUT2D eigenvalue weighted by atomic mass is 10.0. The maximum atomic E-state index is 7.44. The quantitative estimate of drug-likeness (QED) is 0.576. The summed E-state index contributed by atoms with van der Waals surface area (Å²) in [6, 6.07) is 14.3. The largest absolute Gasteiger partial charge is 0.495 e. The fourth-order valence-electron chi connectivity index (χ4n) is 3.23. The van der Waals surface area contributed by atoms with E-state index in [2.05, 4.69) is 16.3 Å². The number of nitrogens with zero attached hydrogens (tertiary/aromatic N) is 1. The predicted molar refractivity (Wildman–Crippen MR) is 105 cm³/mol. The SMILES string of the molecule is COc1ccccc1N1CCCC(Nc2ccc(N)c(C=N)c2)C1.[HH].[HH]. The number of benzene rings is 2. The van der Waals surface area contributed by atoms with E-state index >= 15 is 0 Å². The fraction of sp³-hybridized carbons (Fsp3) is 0.316. The van der Waals surface area contributed by atoms with Gasteiger partial charge in [0, 0.05) is 45.1 Å². The van der Waals surface area contributed by atoms with Crippen LogP contribution in [0.5, 0.6) is 5.75 Å². The number of nitrogen functional groups attached to an aromatic ring is 1. The van der Waals surface area contributed by atoms with Crippen LogP contribution in [0.3, 0.4) is 0 Å². The van der Waals surface area contributed by atoms with E-state index in [9.17, 15) is 0 Å². The Kier molecular flexibility index (Phi) is 4.89. The van der Waals surface area contributed by atoms with Crippen LogP contribution in [0.1, 0.15) is 21.3 Å². The van der Waals surface area contributed by atoms with Crippen LogP contribution in [0.25, 0.3) is 0 Å². The van der Waals surface area contributed by atoms with Crippen LogP contribution in [0.2, 0.25) is 0 Å². The molecule has 1 atom stereocenters. The number of hydrogen-bond donors (Lipinski definition) is 3. The molecule has 5 heteroatoms. The average Bonchev–Trinajstić information content (AvgIpc) is 2.63. The molecule has 0 radical (unpaired) electrons. The standard InChI is InChI=1S/C19H24N4O.2H2/c1-24-19-7-3-2-6-18(19)23-10-4-5-16(13-23)22-15-8-9-17(21)14(11-15)12-20;;/h2-3,6-9,11-12,16,20,22H,4-5,10,13,21H2,1H3;2*1H. The van der Waals surface area contributed by atoms with Gasteiger partial charge in [0.25, 0.3) is 0 Å². The van der Waals surface area contributed by atoms with E-state index < -0.39 is 0 Å². The number of piperidine rings is 1. The first-order valence-electron chi connectivity index (χ1n) is 8.26. The Balaban J connectivity index is 0.00000169. The Hall–Kier alpha value is -2.69. The number of methoxy groups -OCH3 is 1. The normalized spacial score (nSPS) is 17.4. The van der Waals surface area contributed by atoms with Crippen molar-refractivity contribution in [3.05, 3.63) is 48.0 Å². The number of rotatable bonds is 5. The third-order valence-corrected chi connectivity index (χ3v) is 4.46. The van der Waals surface area contributed by atoms with Gasteiger partial charge in [0.15, 0.2) is 0 Å². The van der Waals surface area contributed by atoms with E-state index in [1.807, 2.05) is 36.4 Å². The second-order valence-corrected chi connectivity index (χ2v) is 6.09. The molecule has 0 spiro atoms. The Morgan fingerprint density at radius 2 is 2.17 bits per heavy atom. The van der Waals surface area contributed by atoms with Crippen molar-refractivity contribution in [2.45, 2.75) is 18.9 Å². The second-order valence-electron chi connectivity index (χ2n) is 6.09. The zero-order chi connectivity index (χ0) is 16.9. The zero-order valence-corrected chi connectivity index (χ0v) is 14.0. The van der Waals surface area contributed by atoms with Crippen LogP contribution in [-0.2, 0) is 0 Å². The van der Waals surface area contributed by atoms with Gasteiger partial charge in [-0.1, -0.05) is 12.1 Å². The molecule has 0 bridgehead atoms. The summed E-state index contributed by atoms with van der Waals surface area (Å²) in [4.78, 5) is 2.37. The molecule has 1 fully saturated rings. The molecule has 2 aromatic carbocycles. The topological polar surface area (TPSA) is 74.4 Å². The molecule has 1 aliphatic rings. The van der Waals surface area contributed by atoms with Crippen molar-refractivity contribution in [3.63, 3.8) is 0 Å². The number of nitrogens with one attached hydrogen (secondary N) is 2. The van der Waals surface area contributed by atoms with Gasteiger partial charge < -0.3 is 26.1 Å². The van der Waals surface area contributed by atoms with Crippen LogP contribution >= 0.6 is 0 Å². The predicted octanol–water partition coefficient (Wildman–Crippen LogP) is 3.85. The molecular weight excluding hydrogens is 300 g/mol. The summed E-state index contributed by atoms with van der Waals surface area (Å²) in [6.45, 7) is 1.96. The highest BCUT2D eigenvalue weighted by Crippen LogP contribution is 2.30. The lowest BCUT2D eigenvalue weighted by Crippen LogP contribution is -2.42. The molecule has 130 valence electrons. The highest BCUT2D eigenvalue weighted by Gasteiger charge is 2.22. The van der Waals surface area contributed by atoms with E-state index in [1.54, 1.807) is 7.11 Å². The smallest absolute Gasteiger partial charge is 0.142 e. The Labute approximate surface area is 145 Å². The van der Waals surface area contributed by atoms with Crippen LogP contribution in [0.4, 0.5) is 17.1 Å². The van der Waals surface area contributed by atoms with Gasteiger partial charge in [-0.05, 0) is 43.2 Å². The minimum absolute atomic E-state index is 0. The molecule has 24 heavy (non-hydrogen) atoms. The Morgan fingerprint density at radius 3 is 2.96 bits per heavy atom. The van der Waals surface area contributed by atoms with Gasteiger partial charge in [0.2, 0.25) is 0 Å². The lowest BCUT2D eigenvalue weighted by Gasteiger charge is -2.36. The maximum absolute atomic E-state index is 7.44. The summed E-state index contributed by atoms with van der Waals surface area (Å²) in [6.07, 6.45) is 3.54. The maximum Gasteiger partial charge on any atom is 0.142 e. The molecule has 0 amide bonds. The van der Waals surface area contributed by atoms with Crippen molar-refractivity contribution in [3.8, 4) is 5.75 Å². The van der Waals surface area contributed by atoms with E-state index in [4.69, 9.17) is 15.9 Å². The van der Waals surface area contributed by atoms with Gasteiger partial charge in [-0.25, -0.2) is 0 Å². The molecule has 1 unspecified atom stereocenters. The number of anilines is 3. The van der Waals surface area contributed by atoms with Gasteiger partial charge >= 0.3 is 0 Å². The Bertz CT molecular complexity index is 726. The molecule has 2 aromatic rings. The van der Waals surface area contributed by atoms with Crippen molar-refractivity contribution in [1.82, 2.24) is 0 Å². The molecule has 1 aliphatic heterocycles. The minimum atomic E-state index is 0. The highest BCUT2D eigenvalue weighted by atomic mass is 16.5. The molecule has 1 heterocycles. The van der Waals surface area contributed by atoms with Crippen LogP contribution < -0.4 is 20.7 Å². The molecule has 1 saturated heterocycles.